The van der Waals surface area contributed by atoms with E-state index < -0.39 is 0 Å². The lowest BCUT2D eigenvalue weighted by Crippen LogP contribution is -2.44. The molecule has 2 heterocycles. The van der Waals surface area contributed by atoms with Gasteiger partial charge in [0.15, 0.2) is 5.82 Å². The number of halogens is 1. The Morgan fingerprint density at radius 3 is 2.64 bits per heavy atom. The van der Waals surface area contributed by atoms with Crippen molar-refractivity contribution in [2.24, 2.45) is 0 Å². The zero-order valence-corrected chi connectivity index (χ0v) is 17.6. The van der Waals surface area contributed by atoms with Crippen molar-refractivity contribution in [1.82, 2.24) is 25.3 Å². The van der Waals surface area contributed by atoms with Crippen molar-refractivity contribution in [3.63, 3.8) is 0 Å². The molecule has 1 aromatic carbocycles. The van der Waals surface area contributed by atoms with E-state index in [0.29, 0.717) is 31.6 Å². The summed E-state index contributed by atoms with van der Waals surface area (Å²) in [6.45, 7) is 4.14. The topological polar surface area (TPSA) is 74.5 Å². The molecule has 1 aromatic heterocycles. The molecule has 0 spiro atoms. The molecule has 1 N–H and O–H groups in total. The van der Waals surface area contributed by atoms with Gasteiger partial charge in [-0.2, -0.15) is 4.98 Å². The van der Waals surface area contributed by atoms with Crippen LogP contribution in [0.1, 0.15) is 43.0 Å². The number of nitrogens with one attached hydrogen (secondary N) is 1. The molecule has 0 saturated carbocycles. The average Bonchev–Trinajstić information content (AvgIpc) is 3.16. The fraction of sp³-hybridized carbons (Fsp3) is 0.550. The summed E-state index contributed by atoms with van der Waals surface area (Å²) < 4.78 is 5.47. The van der Waals surface area contributed by atoms with Gasteiger partial charge in [0.25, 0.3) is 0 Å². The van der Waals surface area contributed by atoms with Gasteiger partial charge in [-0.1, -0.05) is 35.5 Å². The van der Waals surface area contributed by atoms with Gasteiger partial charge in [-0.05, 0) is 32.4 Å². The molecule has 1 atom stereocenters. The van der Waals surface area contributed by atoms with Crippen molar-refractivity contribution >= 4 is 18.4 Å². The monoisotopic (exact) mass is 407 g/mol. The second-order valence-electron chi connectivity index (χ2n) is 7.33. The largest absolute Gasteiger partial charge is 0.339 e. The standard InChI is InChI=1S/C20H29N5O2.ClH/c1-15(21-2)13-18-22-19(27-23-18)17-9-11-25(12-10-17)20(26)24(3)14-16-7-5-4-6-8-16;/h4-8,15,17,21H,9-14H2,1-3H3;1H. The smallest absolute Gasteiger partial charge is 0.320 e. The van der Waals surface area contributed by atoms with Gasteiger partial charge in [0.05, 0.1) is 0 Å². The first kappa shape index (κ1) is 22.2. The Kier molecular flexibility index (Phi) is 8.26. The van der Waals surface area contributed by atoms with Crippen LogP contribution in [0.5, 0.6) is 0 Å². The molecule has 1 fully saturated rings. The van der Waals surface area contributed by atoms with E-state index >= 15 is 0 Å². The van der Waals surface area contributed by atoms with Crippen LogP contribution >= 0.6 is 12.4 Å². The van der Waals surface area contributed by atoms with Crippen LogP contribution < -0.4 is 5.32 Å². The quantitative estimate of drug-likeness (QED) is 0.796. The Hall–Kier alpha value is -2.12. The SMILES string of the molecule is CNC(C)Cc1noc(C2CCN(C(=O)N(C)Cc3ccccc3)CC2)n1.Cl. The highest BCUT2D eigenvalue weighted by Gasteiger charge is 2.29. The Morgan fingerprint density at radius 1 is 1.32 bits per heavy atom. The molecule has 2 aromatic rings. The minimum Gasteiger partial charge on any atom is -0.339 e. The third-order valence-corrected chi connectivity index (χ3v) is 5.17. The van der Waals surface area contributed by atoms with Crippen molar-refractivity contribution in [2.45, 2.75) is 44.7 Å². The summed E-state index contributed by atoms with van der Waals surface area (Å²) in [6.07, 6.45) is 2.46. The summed E-state index contributed by atoms with van der Waals surface area (Å²) in [4.78, 5) is 20.9. The van der Waals surface area contributed by atoms with Gasteiger partial charge >= 0.3 is 6.03 Å². The number of carbonyl (C=O) groups excluding carboxylic acids is 1. The molecule has 3 rings (SSSR count). The summed E-state index contributed by atoms with van der Waals surface area (Å²) in [6, 6.07) is 10.4. The van der Waals surface area contributed by atoms with Gasteiger partial charge in [-0.15, -0.1) is 12.4 Å². The van der Waals surface area contributed by atoms with E-state index in [-0.39, 0.29) is 24.4 Å². The summed E-state index contributed by atoms with van der Waals surface area (Å²) in [7, 11) is 3.78. The molecule has 154 valence electrons. The minimum absolute atomic E-state index is 0. The minimum atomic E-state index is 0. The Morgan fingerprint density at radius 2 is 2.00 bits per heavy atom. The third kappa shape index (κ3) is 5.69. The maximum absolute atomic E-state index is 12.7. The van der Waals surface area contributed by atoms with Crippen LogP contribution in [-0.2, 0) is 13.0 Å². The predicted octanol–water partition coefficient (Wildman–Crippen LogP) is 3.07. The van der Waals surface area contributed by atoms with Crippen molar-refractivity contribution in [3.8, 4) is 0 Å². The number of rotatable bonds is 6. The Bertz CT molecular complexity index is 731. The number of likely N-dealkylation sites (tertiary alicyclic amines) is 1. The van der Waals surface area contributed by atoms with E-state index in [4.69, 9.17) is 4.52 Å². The number of amides is 2. The second kappa shape index (κ2) is 10.4. The molecule has 1 aliphatic rings. The molecular weight excluding hydrogens is 378 g/mol. The maximum atomic E-state index is 12.7. The molecule has 0 aliphatic carbocycles. The normalized spacial score (nSPS) is 15.8. The first-order valence-electron chi connectivity index (χ1n) is 9.60. The summed E-state index contributed by atoms with van der Waals surface area (Å²) >= 11 is 0. The summed E-state index contributed by atoms with van der Waals surface area (Å²) in [5.41, 5.74) is 1.14. The molecule has 2 amide bonds. The molecule has 1 aliphatic heterocycles. The van der Waals surface area contributed by atoms with E-state index in [1.807, 2.05) is 49.3 Å². The highest BCUT2D eigenvalue weighted by atomic mass is 35.5. The van der Waals surface area contributed by atoms with E-state index in [9.17, 15) is 4.79 Å². The van der Waals surface area contributed by atoms with Crippen LogP contribution in [0.2, 0.25) is 0 Å². The first-order valence-corrected chi connectivity index (χ1v) is 9.60. The number of aromatic nitrogens is 2. The van der Waals surface area contributed by atoms with E-state index in [1.165, 1.54) is 0 Å². The average molecular weight is 408 g/mol. The number of carbonyl (C=O) groups is 1. The van der Waals surface area contributed by atoms with Gasteiger partial charge in [0, 0.05) is 45.1 Å². The lowest BCUT2D eigenvalue weighted by Gasteiger charge is -2.33. The number of nitrogens with zero attached hydrogens (tertiary/aromatic N) is 4. The lowest BCUT2D eigenvalue weighted by atomic mass is 9.97. The van der Waals surface area contributed by atoms with E-state index in [2.05, 4.69) is 22.4 Å². The molecule has 1 saturated heterocycles. The molecule has 1 unspecified atom stereocenters. The fourth-order valence-corrected chi connectivity index (χ4v) is 3.38. The van der Waals surface area contributed by atoms with Crippen LogP contribution in [0.4, 0.5) is 4.79 Å². The van der Waals surface area contributed by atoms with Crippen LogP contribution in [0.3, 0.4) is 0 Å². The highest BCUT2D eigenvalue weighted by Crippen LogP contribution is 2.27. The fourth-order valence-electron chi connectivity index (χ4n) is 3.38. The van der Waals surface area contributed by atoms with Crippen molar-refractivity contribution < 1.29 is 9.32 Å². The van der Waals surface area contributed by atoms with Crippen molar-refractivity contribution in [2.75, 3.05) is 27.2 Å². The van der Waals surface area contributed by atoms with Crippen molar-refractivity contribution in [1.29, 1.82) is 0 Å². The van der Waals surface area contributed by atoms with Gasteiger partial charge in [0.1, 0.15) is 0 Å². The number of benzene rings is 1. The van der Waals surface area contributed by atoms with E-state index in [1.54, 1.807) is 4.90 Å². The van der Waals surface area contributed by atoms with E-state index in [0.717, 1.165) is 30.7 Å². The van der Waals surface area contributed by atoms with Crippen LogP contribution in [0.15, 0.2) is 34.9 Å². The Balaban J connectivity index is 0.00000280. The van der Waals surface area contributed by atoms with Crippen molar-refractivity contribution in [3.05, 3.63) is 47.6 Å². The zero-order chi connectivity index (χ0) is 19.2. The molecule has 28 heavy (non-hydrogen) atoms. The Labute approximate surface area is 172 Å². The molecule has 0 radical (unpaired) electrons. The number of likely N-dealkylation sites (N-methyl/N-ethyl adjacent to an activating group) is 1. The third-order valence-electron chi connectivity index (χ3n) is 5.17. The molecule has 8 heteroatoms. The lowest BCUT2D eigenvalue weighted by molar-refractivity contribution is 0.143. The molecule has 7 nitrogen and oxygen atoms in total. The number of hydrogen-bond acceptors (Lipinski definition) is 5. The number of piperidine rings is 1. The number of urea groups is 1. The summed E-state index contributed by atoms with van der Waals surface area (Å²) in [5.74, 6) is 1.69. The predicted molar refractivity (Wildman–Crippen MR) is 111 cm³/mol. The van der Waals surface area contributed by atoms with Gasteiger partial charge in [-0.3, -0.25) is 0 Å². The molecular formula is C20H30ClN5O2. The first-order chi connectivity index (χ1) is 13.1. The van der Waals surface area contributed by atoms with Crippen LogP contribution in [-0.4, -0.2) is 59.2 Å². The number of hydrogen-bond donors (Lipinski definition) is 1. The van der Waals surface area contributed by atoms with Gasteiger partial charge in [0.2, 0.25) is 5.89 Å². The van der Waals surface area contributed by atoms with Crippen LogP contribution in [0.25, 0.3) is 0 Å². The highest BCUT2D eigenvalue weighted by molar-refractivity contribution is 5.85. The van der Waals surface area contributed by atoms with Gasteiger partial charge in [-0.25, -0.2) is 4.79 Å². The van der Waals surface area contributed by atoms with Crippen LogP contribution in [0, 0.1) is 0 Å². The molecule has 0 bridgehead atoms. The summed E-state index contributed by atoms with van der Waals surface area (Å²) in [5, 5.41) is 7.27. The van der Waals surface area contributed by atoms with Gasteiger partial charge < -0.3 is 19.6 Å². The maximum Gasteiger partial charge on any atom is 0.320 e. The second-order valence-corrected chi connectivity index (χ2v) is 7.33. The zero-order valence-electron chi connectivity index (χ0n) is 16.8.